The molecule has 0 bridgehead atoms. The Hall–Kier alpha value is -0.400. The summed E-state index contributed by atoms with van der Waals surface area (Å²) in [4.78, 5) is 0. The monoisotopic (exact) mass is 667 g/mol. The highest BCUT2D eigenvalue weighted by Crippen LogP contribution is 2.12. The Morgan fingerprint density at radius 2 is 0.696 bits per heavy atom. The van der Waals surface area contributed by atoms with Gasteiger partial charge in [-0.15, -0.1) is 0 Å². The van der Waals surface area contributed by atoms with Crippen molar-refractivity contribution in [1.29, 1.82) is 0 Å². The zero-order chi connectivity index (χ0) is 33.8. The number of aliphatic hydroxyl groups is 1. The summed E-state index contributed by atoms with van der Waals surface area (Å²) in [6, 6.07) is 0. The predicted molar refractivity (Wildman–Crippen MR) is 184 cm³/mol. The molecule has 0 aliphatic heterocycles. The summed E-state index contributed by atoms with van der Waals surface area (Å²) in [6.45, 7) is 17.7. The third kappa shape index (κ3) is 36.4. The summed E-state index contributed by atoms with van der Waals surface area (Å²) in [5.74, 6) is 0. The highest BCUT2D eigenvalue weighted by atomic mass is 16.6. The second-order valence-corrected chi connectivity index (χ2v) is 12.3. The zero-order valence-electron chi connectivity index (χ0n) is 30.5. The first-order chi connectivity index (χ1) is 22.5. The lowest BCUT2D eigenvalue weighted by atomic mass is 10.1. The Kier molecular flexibility index (Phi) is 37.1. The molecule has 278 valence electrons. The van der Waals surface area contributed by atoms with E-state index in [4.69, 9.17) is 47.7 Å². The van der Waals surface area contributed by atoms with Crippen LogP contribution in [0.1, 0.15) is 112 Å². The van der Waals surface area contributed by atoms with Crippen LogP contribution in [0.25, 0.3) is 0 Å². The molecule has 0 saturated carbocycles. The number of hydrogen-bond donors (Lipinski definition) is 1. The molecule has 4 atom stereocenters. The lowest BCUT2D eigenvalue weighted by molar-refractivity contribution is -0.0951. The molecule has 0 fully saturated rings. The normalized spacial score (nSPS) is 14.5. The van der Waals surface area contributed by atoms with Crippen molar-refractivity contribution in [2.45, 2.75) is 136 Å². The summed E-state index contributed by atoms with van der Waals surface area (Å²) >= 11 is 0. The van der Waals surface area contributed by atoms with Gasteiger partial charge in [0.2, 0.25) is 0 Å². The third-order valence-electron chi connectivity index (χ3n) is 7.32. The molecule has 0 spiro atoms. The topological polar surface area (TPSA) is 103 Å². The predicted octanol–water partition coefficient (Wildman–Crippen LogP) is 6.38. The van der Waals surface area contributed by atoms with Crippen LogP contribution in [0, 0.1) is 0 Å². The summed E-state index contributed by atoms with van der Waals surface area (Å²) in [5.41, 5.74) is 0. The maximum Gasteiger partial charge on any atom is 0.0781 e. The fourth-order valence-electron chi connectivity index (χ4n) is 4.52. The minimum Gasteiger partial charge on any atom is -0.394 e. The van der Waals surface area contributed by atoms with E-state index < -0.39 is 0 Å². The first-order valence-corrected chi connectivity index (χ1v) is 18.4. The molecule has 0 aromatic rings. The van der Waals surface area contributed by atoms with Crippen molar-refractivity contribution < 1.29 is 47.7 Å². The molecule has 0 aliphatic rings. The van der Waals surface area contributed by atoms with Crippen molar-refractivity contribution in [2.24, 2.45) is 0 Å². The van der Waals surface area contributed by atoms with Gasteiger partial charge in [0.1, 0.15) is 0 Å². The number of rotatable bonds is 39. The average molecular weight is 667 g/mol. The van der Waals surface area contributed by atoms with Crippen LogP contribution in [-0.4, -0.2) is 129 Å². The van der Waals surface area contributed by atoms with Crippen molar-refractivity contribution in [1.82, 2.24) is 0 Å². The molecule has 0 saturated heterocycles. The highest BCUT2D eigenvalue weighted by molar-refractivity contribution is 4.57. The van der Waals surface area contributed by atoms with Gasteiger partial charge in [0.15, 0.2) is 0 Å². The van der Waals surface area contributed by atoms with E-state index in [1.807, 2.05) is 20.8 Å². The fraction of sp³-hybridized carbons (Fsp3) is 1.00. The van der Waals surface area contributed by atoms with E-state index in [-0.39, 0.29) is 31.0 Å². The van der Waals surface area contributed by atoms with Gasteiger partial charge >= 0.3 is 0 Å². The Bertz CT molecular complexity index is 523. The summed E-state index contributed by atoms with van der Waals surface area (Å²) in [7, 11) is 0. The molecule has 0 aliphatic carbocycles. The second kappa shape index (κ2) is 37.4. The number of hydrogen-bond acceptors (Lipinski definition) is 10. The van der Waals surface area contributed by atoms with Crippen molar-refractivity contribution in [3.05, 3.63) is 0 Å². The maximum absolute atomic E-state index is 8.61. The molecule has 0 amide bonds. The van der Waals surface area contributed by atoms with Crippen molar-refractivity contribution in [3.63, 3.8) is 0 Å². The highest BCUT2D eigenvalue weighted by Gasteiger charge is 2.12. The van der Waals surface area contributed by atoms with E-state index in [0.29, 0.717) is 85.9 Å². The van der Waals surface area contributed by atoms with Crippen LogP contribution in [0.15, 0.2) is 0 Å². The summed E-state index contributed by atoms with van der Waals surface area (Å²) in [6.07, 6.45) is 16.3. The Morgan fingerprint density at radius 3 is 1.13 bits per heavy atom. The maximum atomic E-state index is 8.61. The Labute approximate surface area is 282 Å². The molecule has 46 heavy (non-hydrogen) atoms. The number of unbranched alkanes of at least 4 members (excludes halogenated alkanes) is 11. The van der Waals surface area contributed by atoms with Gasteiger partial charge in [-0.25, -0.2) is 0 Å². The van der Waals surface area contributed by atoms with Crippen LogP contribution in [0.3, 0.4) is 0 Å². The zero-order valence-corrected chi connectivity index (χ0v) is 30.5. The van der Waals surface area contributed by atoms with Gasteiger partial charge in [-0.3, -0.25) is 0 Å². The van der Waals surface area contributed by atoms with E-state index in [9.17, 15) is 0 Å². The summed E-state index contributed by atoms with van der Waals surface area (Å²) in [5, 5.41) is 8.61. The lowest BCUT2D eigenvalue weighted by Gasteiger charge is -2.21. The second-order valence-electron chi connectivity index (χ2n) is 12.3. The SMILES string of the molecule is CCCCCCCCCCCCCCOCC(C)OCC(C)OCC(C)OCC(C)OCCOCCOCCOCCOCCO. The number of aliphatic hydroxyl groups excluding tert-OH is 1. The van der Waals surface area contributed by atoms with E-state index in [1.54, 1.807) is 0 Å². The van der Waals surface area contributed by atoms with Crippen molar-refractivity contribution in [3.8, 4) is 0 Å². The van der Waals surface area contributed by atoms with E-state index in [2.05, 4.69) is 13.8 Å². The van der Waals surface area contributed by atoms with Crippen LogP contribution in [-0.2, 0) is 42.6 Å². The average Bonchev–Trinajstić information content (AvgIpc) is 3.05. The van der Waals surface area contributed by atoms with Crippen LogP contribution < -0.4 is 0 Å². The largest absolute Gasteiger partial charge is 0.394 e. The molecule has 0 rings (SSSR count). The van der Waals surface area contributed by atoms with Gasteiger partial charge in [-0.05, 0) is 34.1 Å². The van der Waals surface area contributed by atoms with E-state index in [1.165, 1.54) is 70.6 Å². The molecule has 0 radical (unpaired) electrons. The van der Waals surface area contributed by atoms with Gasteiger partial charge in [0, 0.05) is 6.61 Å². The smallest absolute Gasteiger partial charge is 0.0781 e. The van der Waals surface area contributed by atoms with Crippen LogP contribution in [0.5, 0.6) is 0 Å². The first kappa shape index (κ1) is 45.6. The molecular formula is C36H74O10. The van der Waals surface area contributed by atoms with Crippen molar-refractivity contribution >= 4 is 0 Å². The van der Waals surface area contributed by atoms with Gasteiger partial charge in [-0.2, -0.15) is 0 Å². The van der Waals surface area contributed by atoms with Gasteiger partial charge < -0.3 is 47.7 Å². The Balaban J connectivity index is 3.46. The molecule has 4 unspecified atom stereocenters. The molecule has 0 aromatic heterocycles. The molecule has 0 heterocycles. The van der Waals surface area contributed by atoms with E-state index >= 15 is 0 Å². The van der Waals surface area contributed by atoms with Crippen LogP contribution >= 0.6 is 0 Å². The van der Waals surface area contributed by atoms with Gasteiger partial charge in [-0.1, -0.05) is 77.6 Å². The van der Waals surface area contributed by atoms with Crippen molar-refractivity contribution in [2.75, 3.05) is 99.1 Å². The minimum atomic E-state index is -0.0322. The lowest BCUT2D eigenvalue weighted by Crippen LogP contribution is -2.28. The van der Waals surface area contributed by atoms with Gasteiger partial charge in [0.05, 0.1) is 117 Å². The van der Waals surface area contributed by atoms with Gasteiger partial charge in [0.25, 0.3) is 0 Å². The summed E-state index contributed by atoms with van der Waals surface area (Å²) < 4.78 is 50.8. The van der Waals surface area contributed by atoms with Crippen LogP contribution in [0.2, 0.25) is 0 Å². The minimum absolute atomic E-state index is 0.0100. The third-order valence-corrected chi connectivity index (χ3v) is 7.32. The standard InChI is InChI=1S/C36H74O10/c1-6-7-8-9-10-11-12-13-14-15-16-17-19-42-29-33(2)44-31-35(4)46-32-36(5)45-30-34(3)43-28-27-41-26-25-40-24-23-39-22-21-38-20-18-37/h33-37H,6-32H2,1-5H3. The molecular weight excluding hydrogens is 592 g/mol. The Morgan fingerprint density at radius 1 is 0.348 bits per heavy atom. The fourth-order valence-corrected chi connectivity index (χ4v) is 4.52. The van der Waals surface area contributed by atoms with E-state index in [0.717, 1.165) is 13.0 Å². The van der Waals surface area contributed by atoms with Crippen LogP contribution in [0.4, 0.5) is 0 Å². The molecule has 10 nitrogen and oxygen atoms in total. The quantitative estimate of drug-likeness (QED) is 0.0744. The molecule has 1 N–H and O–H groups in total. The molecule has 10 heteroatoms. The first-order valence-electron chi connectivity index (χ1n) is 18.4. The molecule has 0 aromatic carbocycles. The number of ether oxygens (including phenoxy) is 9.